The van der Waals surface area contributed by atoms with Gasteiger partial charge in [0.1, 0.15) is 0 Å². The molecular formula is C23H27NP. The fourth-order valence-corrected chi connectivity index (χ4v) is 6.56. The minimum absolute atomic E-state index is 0.0480. The molecule has 1 saturated carbocycles. The Morgan fingerprint density at radius 1 is 0.720 bits per heavy atom. The van der Waals surface area contributed by atoms with Gasteiger partial charge < -0.3 is 5.73 Å². The standard InChI is InChI=1S/C23H27NP/c1-15-9-16(2)12-20(11-15)25(21-13-17(3)10-18(4)14-21)23-8-6-7-22(23)19(5)24/h6-14,19H,24H2,1-5H3/t19-/m0/s1. The number of nitrogens with two attached hydrogens (primary N) is 1. The van der Waals surface area contributed by atoms with Crippen molar-refractivity contribution in [1.29, 1.82) is 0 Å². The predicted octanol–water partition coefficient (Wildman–Crippen LogP) is 4.43. The molecule has 1 nitrogen and oxygen atoms in total. The second-order valence-electron chi connectivity index (χ2n) is 7.18. The van der Waals surface area contributed by atoms with Gasteiger partial charge in [0.25, 0.3) is 0 Å². The van der Waals surface area contributed by atoms with E-state index in [2.05, 4.69) is 90.3 Å². The molecule has 1 aliphatic carbocycles. The van der Waals surface area contributed by atoms with Crippen LogP contribution >= 0.6 is 7.92 Å². The van der Waals surface area contributed by atoms with Crippen LogP contribution in [0.1, 0.15) is 29.2 Å². The minimum Gasteiger partial charge on any atom is -0.327 e. The second-order valence-corrected chi connectivity index (χ2v) is 9.37. The highest BCUT2D eigenvalue weighted by molar-refractivity contribution is 7.76. The molecular weight excluding hydrogens is 321 g/mol. The number of aryl methyl sites for hydroxylation is 4. The van der Waals surface area contributed by atoms with Crippen molar-refractivity contribution >= 4 is 18.5 Å². The van der Waals surface area contributed by atoms with Crippen molar-refractivity contribution in [3.63, 3.8) is 0 Å². The van der Waals surface area contributed by atoms with Crippen LogP contribution in [-0.2, 0) is 0 Å². The van der Waals surface area contributed by atoms with Gasteiger partial charge in [-0.1, -0.05) is 58.7 Å². The summed E-state index contributed by atoms with van der Waals surface area (Å²) in [6.07, 6.45) is 6.59. The number of hydrogen-bond acceptors (Lipinski definition) is 1. The SMILES string of the molecule is Cc1cc(C)cc(P([C]2[CH][CH][CH][C]2[C@H](C)N)c2cc(C)cc(C)c2)c1. The van der Waals surface area contributed by atoms with Crippen LogP contribution in [0.3, 0.4) is 0 Å². The molecule has 0 bridgehead atoms. The lowest BCUT2D eigenvalue weighted by molar-refractivity contribution is 0.793. The van der Waals surface area contributed by atoms with Gasteiger partial charge in [0.2, 0.25) is 0 Å². The van der Waals surface area contributed by atoms with Crippen LogP contribution in [0, 0.1) is 58.5 Å². The largest absolute Gasteiger partial charge is 0.327 e. The third kappa shape index (κ3) is 4.15. The summed E-state index contributed by atoms with van der Waals surface area (Å²) in [6, 6.07) is 13.9. The van der Waals surface area contributed by atoms with E-state index in [-0.39, 0.29) is 6.04 Å². The smallest absolute Gasteiger partial charge is 0.0211 e. The Labute approximate surface area is 154 Å². The molecule has 2 aromatic carbocycles. The Morgan fingerprint density at radius 3 is 1.56 bits per heavy atom. The third-order valence-electron chi connectivity index (χ3n) is 4.49. The van der Waals surface area contributed by atoms with Crippen molar-refractivity contribution in [2.45, 2.75) is 40.7 Å². The zero-order valence-electron chi connectivity index (χ0n) is 15.8. The van der Waals surface area contributed by atoms with Gasteiger partial charge in [0, 0.05) is 17.6 Å². The molecule has 5 radical (unpaired) electrons. The Bertz CT molecular complexity index is 658. The molecule has 0 amide bonds. The average Bonchev–Trinajstić information content (AvgIpc) is 2.94. The molecule has 0 saturated heterocycles. The van der Waals surface area contributed by atoms with Crippen molar-refractivity contribution in [2.24, 2.45) is 5.73 Å². The van der Waals surface area contributed by atoms with E-state index in [9.17, 15) is 0 Å². The zero-order chi connectivity index (χ0) is 18.1. The fourth-order valence-electron chi connectivity index (χ4n) is 3.60. The van der Waals surface area contributed by atoms with Crippen molar-refractivity contribution in [3.8, 4) is 0 Å². The molecule has 1 fully saturated rings. The quantitative estimate of drug-likeness (QED) is 0.813. The van der Waals surface area contributed by atoms with Crippen LogP contribution in [-0.4, -0.2) is 6.04 Å². The summed E-state index contributed by atoms with van der Waals surface area (Å²) in [7, 11) is -0.607. The van der Waals surface area contributed by atoms with Gasteiger partial charge in [-0.3, -0.25) is 0 Å². The van der Waals surface area contributed by atoms with E-state index >= 15 is 0 Å². The summed E-state index contributed by atoms with van der Waals surface area (Å²) in [5.74, 6) is 1.27. The van der Waals surface area contributed by atoms with Crippen molar-refractivity contribution in [1.82, 2.24) is 0 Å². The Morgan fingerprint density at radius 2 is 1.16 bits per heavy atom. The van der Waals surface area contributed by atoms with Crippen LogP contribution in [0.5, 0.6) is 0 Å². The van der Waals surface area contributed by atoms with Gasteiger partial charge in [0.15, 0.2) is 0 Å². The van der Waals surface area contributed by atoms with Gasteiger partial charge in [-0.25, -0.2) is 0 Å². The fraction of sp³-hybridized carbons (Fsp3) is 0.261. The van der Waals surface area contributed by atoms with Gasteiger partial charge >= 0.3 is 0 Å². The maximum absolute atomic E-state index is 6.28. The highest BCUT2D eigenvalue weighted by Gasteiger charge is 2.39. The molecule has 1 atom stereocenters. The molecule has 0 aromatic heterocycles. The van der Waals surface area contributed by atoms with E-state index in [1.54, 1.807) is 0 Å². The summed E-state index contributed by atoms with van der Waals surface area (Å²) in [5.41, 5.74) is 13.0. The molecule has 3 rings (SSSR count). The van der Waals surface area contributed by atoms with Crippen molar-refractivity contribution in [2.75, 3.05) is 0 Å². The molecule has 1 aliphatic rings. The summed E-state index contributed by atoms with van der Waals surface area (Å²) >= 11 is 0. The van der Waals surface area contributed by atoms with Crippen LogP contribution in [0.2, 0.25) is 0 Å². The summed E-state index contributed by atoms with van der Waals surface area (Å²) in [6.45, 7) is 10.8. The van der Waals surface area contributed by atoms with Gasteiger partial charge in [-0.2, -0.15) is 0 Å². The van der Waals surface area contributed by atoms with E-state index in [1.807, 2.05) is 0 Å². The summed E-state index contributed by atoms with van der Waals surface area (Å²) in [5, 5.41) is 2.82. The van der Waals surface area contributed by atoms with Crippen molar-refractivity contribution < 1.29 is 0 Å². The zero-order valence-corrected chi connectivity index (χ0v) is 16.7. The van der Waals surface area contributed by atoms with Crippen molar-refractivity contribution in [3.05, 3.63) is 89.5 Å². The van der Waals surface area contributed by atoms with E-state index in [1.165, 1.54) is 44.4 Å². The molecule has 25 heavy (non-hydrogen) atoms. The molecule has 2 aromatic rings. The van der Waals surface area contributed by atoms with E-state index in [0.717, 1.165) is 0 Å². The Hall–Kier alpha value is -1.17. The van der Waals surface area contributed by atoms with Gasteiger partial charge in [-0.15, -0.1) is 0 Å². The first-order valence-electron chi connectivity index (χ1n) is 8.83. The first-order chi connectivity index (χ1) is 11.8. The van der Waals surface area contributed by atoms with Crippen LogP contribution in [0.25, 0.3) is 0 Å². The van der Waals surface area contributed by atoms with Gasteiger partial charge in [0.05, 0.1) is 0 Å². The monoisotopic (exact) mass is 348 g/mol. The number of rotatable bonds is 4. The van der Waals surface area contributed by atoms with Crippen LogP contribution in [0.4, 0.5) is 0 Å². The maximum atomic E-state index is 6.28. The highest BCUT2D eigenvalue weighted by Crippen LogP contribution is 2.56. The van der Waals surface area contributed by atoms with E-state index < -0.39 is 7.92 Å². The van der Waals surface area contributed by atoms with Gasteiger partial charge in [-0.05, 0) is 72.4 Å². The lowest BCUT2D eigenvalue weighted by Gasteiger charge is -2.31. The van der Waals surface area contributed by atoms with E-state index in [4.69, 9.17) is 5.73 Å². The maximum Gasteiger partial charge on any atom is 0.0211 e. The highest BCUT2D eigenvalue weighted by atomic mass is 31.1. The molecule has 0 spiro atoms. The second kappa shape index (κ2) is 7.60. The molecule has 0 unspecified atom stereocenters. The van der Waals surface area contributed by atoms with Crippen LogP contribution in [0.15, 0.2) is 36.4 Å². The summed E-state index contributed by atoms with van der Waals surface area (Å²) in [4.78, 5) is 0. The summed E-state index contributed by atoms with van der Waals surface area (Å²) < 4.78 is 0. The molecule has 2 N–H and O–H groups in total. The predicted molar refractivity (Wildman–Crippen MR) is 111 cm³/mol. The molecule has 0 aliphatic heterocycles. The minimum atomic E-state index is -0.607. The Kier molecular flexibility index (Phi) is 5.66. The lowest BCUT2D eigenvalue weighted by Crippen LogP contribution is -2.29. The number of hydrogen-bond donors (Lipinski definition) is 1. The molecule has 129 valence electrons. The third-order valence-corrected chi connectivity index (χ3v) is 6.92. The first-order valence-corrected chi connectivity index (χ1v) is 10.2. The Balaban J connectivity index is 2.14. The molecule has 2 heteroatoms. The lowest BCUT2D eigenvalue weighted by atomic mass is 10.0. The van der Waals surface area contributed by atoms with E-state index in [0.29, 0.717) is 0 Å². The normalized spacial score (nSPS) is 17.4. The van der Waals surface area contributed by atoms with Crippen LogP contribution < -0.4 is 16.3 Å². The first kappa shape index (κ1) is 18.6. The number of benzene rings is 2. The average molecular weight is 348 g/mol. The molecule has 0 heterocycles. The topological polar surface area (TPSA) is 26.0 Å².